The predicted octanol–water partition coefficient (Wildman–Crippen LogP) is 0.0698. The quantitative estimate of drug-likeness (QED) is 0.449. The smallest absolute Gasteiger partial charge is 0.408 e. The molecule has 1 rings (SSSR count). The van der Waals surface area contributed by atoms with Crippen molar-refractivity contribution >= 4 is 23.4 Å². The Hall–Kier alpha value is -2.01. The van der Waals surface area contributed by atoms with Gasteiger partial charge in [0, 0.05) is 0 Å². The van der Waals surface area contributed by atoms with Crippen LogP contribution in [0.3, 0.4) is 0 Å². The Balaban J connectivity index is 2.49. The summed E-state index contributed by atoms with van der Waals surface area (Å²) in [5.41, 5.74) is 2.72. The Kier molecular flexibility index (Phi) is 7.46. The highest BCUT2D eigenvalue weighted by molar-refractivity contribution is 7.74. The van der Waals surface area contributed by atoms with Crippen molar-refractivity contribution in [1.29, 1.82) is 0 Å². The number of ether oxygens (including phenoxy) is 1. The minimum atomic E-state index is -2.85. The molecule has 22 heavy (non-hydrogen) atoms. The Morgan fingerprint density at radius 3 is 2.55 bits per heavy atom. The van der Waals surface area contributed by atoms with Gasteiger partial charge in [-0.25, -0.2) is 18.1 Å². The Morgan fingerprint density at radius 2 is 2.00 bits per heavy atom. The van der Waals surface area contributed by atoms with Crippen LogP contribution in [-0.2, 0) is 31.8 Å². The van der Waals surface area contributed by atoms with Gasteiger partial charge in [-0.2, -0.15) is 5.48 Å². The molecule has 0 saturated heterocycles. The third kappa shape index (κ3) is 6.63. The van der Waals surface area contributed by atoms with Crippen molar-refractivity contribution in [1.82, 2.24) is 10.8 Å². The number of nitrogens with one attached hydrogen (secondary N) is 2. The number of hydrogen-bond acceptors (Lipinski definition) is 7. The minimum Gasteiger partial charge on any atom is -0.748 e. The second-order valence-corrected chi connectivity index (χ2v) is 4.79. The molecular formula is C12H15N2O7S-. The number of carbonyl (C=O) groups excluding carboxylic acids is 1. The van der Waals surface area contributed by atoms with Gasteiger partial charge in [0.2, 0.25) is 0 Å². The molecule has 0 aliphatic rings. The summed E-state index contributed by atoms with van der Waals surface area (Å²) in [6, 6.07) is 6.36. The molecule has 122 valence electrons. The maximum absolute atomic E-state index is 11.6. The number of alkyl carbamates (subject to hydrolysis) is 1. The molecule has 1 aromatic rings. The van der Waals surface area contributed by atoms with Crippen molar-refractivity contribution in [2.45, 2.75) is 25.6 Å². The molecule has 0 saturated carbocycles. The molecule has 10 heteroatoms. The van der Waals surface area contributed by atoms with Crippen LogP contribution in [0.25, 0.3) is 0 Å². The first-order valence-corrected chi connectivity index (χ1v) is 7.12. The summed E-state index contributed by atoms with van der Waals surface area (Å²) in [4.78, 5) is 22.7. The van der Waals surface area contributed by atoms with Crippen molar-refractivity contribution in [3.05, 3.63) is 35.9 Å². The monoisotopic (exact) mass is 331 g/mol. The van der Waals surface area contributed by atoms with E-state index in [1.807, 2.05) is 5.48 Å². The Morgan fingerprint density at radius 1 is 1.36 bits per heavy atom. The summed E-state index contributed by atoms with van der Waals surface area (Å²) in [6.45, 7) is 1.30. The topological polar surface area (TPSA) is 137 Å². The second-order valence-electron chi connectivity index (χ2n) is 4.22. The molecule has 0 aromatic heterocycles. The molecule has 3 atom stereocenters. The largest absolute Gasteiger partial charge is 0.748 e. The molecule has 1 aromatic carbocycles. The van der Waals surface area contributed by atoms with Crippen molar-refractivity contribution in [2.24, 2.45) is 0 Å². The average molecular weight is 331 g/mol. The van der Waals surface area contributed by atoms with Crippen molar-refractivity contribution in [3.63, 3.8) is 0 Å². The van der Waals surface area contributed by atoms with Gasteiger partial charge < -0.3 is 19.7 Å². The summed E-state index contributed by atoms with van der Waals surface area (Å²) in [7, 11) is 0. The van der Waals surface area contributed by atoms with E-state index in [-0.39, 0.29) is 6.61 Å². The van der Waals surface area contributed by atoms with Gasteiger partial charge in [0.1, 0.15) is 24.0 Å². The number of rotatable bonds is 8. The van der Waals surface area contributed by atoms with Gasteiger partial charge in [-0.1, -0.05) is 30.3 Å². The van der Waals surface area contributed by atoms with Gasteiger partial charge in [-0.3, -0.25) is 0 Å². The number of benzene rings is 1. The standard InChI is InChI=1S/C12H16N2O7S/c1-8(14-21-22(18)19)10(11(15)16)13-12(17)20-7-9-5-3-2-4-6-9/h2-6,8,10,14H,7H2,1H3,(H,13,17)(H,15,16)(H,18,19)/p-1/t8-,10+/m1/s1. The van der Waals surface area contributed by atoms with Crippen LogP contribution in [0.1, 0.15) is 12.5 Å². The summed E-state index contributed by atoms with van der Waals surface area (Å²) in [5.74, 6) is -1.38. The fraction of sp³-hybridized carbons (Fsp3) is 0.333. The zero-order valence-corrected chi connectivity index (χ0v) is 12.4. The zero-order chi connectivity index (χ0) is 16.5. The van der Waals surface area contributed by atoms with E-state index in [2.05, 4.69) is 9.60 Å². The van der Waals surface area contributed by atoms with Crippen molar-refractivity contribution in [2.75, 3.05) is 0 Å². The summed E-state index contributed by atoms with van der Waals surface area (Å²) in [6.07, 6.45) is -0.951. The third-order valence-electron chi connectivity index (χ3n) is 2.55. The molecule has 0 spiro atoms. The highest BCUT2D eigenvalue weighted by Crippen LogP contribution is 2.02. The first-order chi connectivity index (χ1) is 10.4. The maximum atomic E-state index is 11.6. The molecule has 1 unspecified atom stereocenters. The van der Waals surface area contributed by atoms with Crippen molar-refractivity contribution in [3.8, 4) is 0 Å². The van der Waals surface area contributed by atoms with E-state index in [1.165, 1.54) is 6.92 Å². The number of carboxylic acid groups (broad SMARTS) is 1. The number of hydroxylamine groups is 1. The van der Waals surface area contributed by atoms with Gasteiger partial charge >= 0.3 is 12.1 Å². The van der Waals surface area contributed by atoms with Gasteiger partial charge in [0.25, 0.3) is 0 Å². The van der Waals surface area contributed by atoms with Gasteiger partial charge in [0.05, 0.1) is 6.04 Å². The lowest BCUT2D eigenvalue weighted by molar-refractivity contribution is -0.140. The highest BCUT2D eigenvalue weighted by atomic mass is 32.2. The summed E-state index contributed by atoms with van der Waals surface area (Å²) in [5, 5.41) is 11.1. The van der Waals surface area contributed by atoms with Gasteiger partial charge in [-0.15, -0.1) is 0 Å². The number of amides is 1. The lowest BCUT2D eigenvalue weighted by atomic mass is 10.1. The minimum absolute atomic E-state index is 0.0259. The van der Waals surface area contributed by atoms with Crippen LogP contribution in [0, 0.1) is 0 Å². The predicted molar refractivity (Wildman–Crippen MR) is 73.8 cm³/mol. The van der Waals surface area contributed by atoms with E-state index in [0.29, 0.717) is 0 Å². The molecule has 1 amide bonds. The van der Waals surface area contributed by atoms with Crippen LogP contribution in [0.15, 0.2) is 30.3 Å². The maximum Gasteiger partial charge on any atom is 0.408 e. The molecule has 0 aliphatic heterocycles. The summed E-state index contributed by atoms with van der Waals surface area (Å²) >= 11 is -2.85. The molecule has 0 bridgehead atoms. The first-order valence-electron chi connectivity index (χ1n) is 6.12. The van der Waals surface area contributed by atoms with Crippen LogP contribution in [0.2, 0.25) is 0 Å². The van der Waals surface area contributed by atoms with Crippen LogP contribution >= 0.6 is 0 Å². The van der Waals surface area contributed by atoms with Crippen LogP contribution in [0.4, 0.5) is 4.79 Å². The SMILES string of the molecule is C[C@@H](NOS(=O)[O-])[C@H](NC(=O)OCc1ccccc1)C(=O)O. The Labute approximate surface area is 129 Å². The molecular weight excluding hydrogens is 316 g/mol. The fourth-order valence-electron chi connectivity index (χ4n) is 1.48. The molecule has 3 N–H and O–H groups in total. The summed E-state index contributed by atoms with van der Waals surface area (Å²) < 4.78 is 29.4. The lowest BCUT2D eigenvalue weighted by Gasteiger charge is -2.22. The van der Waals surface area contributed by atoms with Crippen LogP contribution in [0.5, 0.6) is 0 Å². The van der Waals surface area contributed by atoms with E-state index >= 15 is 0 Å². The molecule has 9 nitrogen and oxygen atoms in total. The van der Waals surface area contributed by atoms with E-state index in [1.54, 1.807) is 30.3 Å². The van der Waals surface area contributed by atoms with Crippen LogP contribution in [-0.4, -0.2) is 38.0 Å². The number of hydrogen-bond donors (Lipinski definition) is 3. The lowest BCUT2D eigenvalue weighted by Crippen LogP contribution is -2.53. The highest BCUT2D eigenvalue weighted by Gasteiger charge is 2.27. The number of carbonyl (C=O) groups is 2. The Bertz CT molecular complexity index is 525. The average Bonchev–Trinajstić information content (AvgIpc) is 2.49. The van der Waals surface area contributed by atoms with Gasteiger partial charge in [0.15, 0.2) is 0 Å². The molecule has 0 heterocycles. The normalized spacial score (nSPS) is 14.6. The molecule has 0 aliphatic carbocycles. The zero-order valence-electron chi connectivity index (χ0n) is 11.6. The van der Waals surface area contributed by atoms with E-state index in [0.717, 1.165) is 5.56 Å². The number of aliphatic carboxylic acids is 1. The van der Waals surface area contributed by atoms with E-state index in [9.17, 15) is 18.4 Å². The fourth-order valence-corrected chi connectivity index (χ4v) is 1.71. The van der Waals surface area contributed by atoms with E-state index < -0.39 is 35.5 Å². The third-order valence-corrected chi connectivity index (χ3v) is 2.79. The molecule has 0 radical (unpaired) electrons. The second kappa shape index (κ2) is 9.10. The first kappa shape index (κ1) is 18.0. The van der Waals surface area contributed by atoms with Gasteiger partial charge in [-0.05, 0) is 12.5 Å². The van der Waals surface area contributed by atoms with Crippen LogP contribution < -0.4 is 10.8 Å². The number of carboxylic acids is 1. The molecule has 0 fully saturated rings. The van der Waals surface area contributed by atoms with Crippen molar-refractivity contribution < 1.29 is 32.5 Å². The van der Waals surface area contributed by atoms with E-state index in [4.69, 9.17) is 9.84 Å².